The van der Waals surface area contributed by atoms with Gasteiger partial charge in [-0.2, -0.15) is 0 Å². The second kappa shape index (κ2) is 8.80. The van der Waals surface area contributed by atoms with Crippen LogP contribution in [0.25, 0.3) is 0 Å². The van der Waals surface area contributed by atoms with E-state index in [1.165, 1.54) is 0 Å². The highest BCUT2D eigenvalue weighted by Gasteiger charge is 2.21. The van der Waals surface area contributed by atoms with Gasteiger partial charge in [0.15, 0.2) is 0 Å². The zero-order chi connectivity index (χ0) is 18.4. The molecule has 0 saturated carbocycles. The Hall–Kier alpha value is -2.15. The predicted molar refractivity (Wildman–Crippen MR) is 103 cm³/mol. The molecule has 1 aromatic rings. The van der Waals surface area contributed by atoms with Crippen LogP contribution in [-0.4, -0.2) is 56.4 Å². The molecule has 1 saturated heterocycles. The third kappa shape index (κ3) is 5.16. The maximum Gasteiger partial charge on any atom is 0.270 e. The van der Waals surface area contributed by atoms with Crippen LogP contribution >= 0.6 is 0 Å². The Labute approximate surface area is 150 Å². The second-order valence-corrected chi connectivity index (χ2v) is 6.98. The van der Waals surface area contributed by atoms with E-state index in [0.717, 1.165) is 38.3 Å². The normalized spacial score (nSPS) is 17.2. The van der Waals surface area contributed by atoms with Crippen molar-refractivity contribution < 1.29 is 4.79 Å². The van der Waals surface area contributed by atoms with Crippen LogP contribution in [0.4, 0.5) is 11.6 Å². The number of hydrogen-bond donors (Lipinski definition) is 4. The van der Waals surface area contributed by atoms with Gasteiger partial charge in [0.25, 0.3) is 5.91 Å². The smallest absolute Gasteiger partial charge is 0.270 e. The van der Waals surface area contributed by atoms with E-state index >= 15 is 0 Å². The molecule has 0 aliphatic carbocycles. The molecule has 2 heterocycles. The lowest BCUT2D eigenvalue weighted by molar-refractivity contribution is -0.115. The lowest BCUT2D eigenvalue weighted by Gasteiger charge is -2.24. The number of carbonyl (C=O) groups is 1. The van der Waals surface area contributed by atoms with Gasteiger partial charge in [0.1, 0.15) is 17.3 Å². The lowest BCUT2D eigenvalue weighted by atomic mass is 10.1. The fourth-order valence-electron chi connectivity index (χ4n) is 3.05. The third-order valence-corrected chi connectivity index (χ3v) is 4.28. The molecular formula is C18H30N6O. The molecule has 0 bridgehead atoms. The van der Waals surface area contributed by atoms with Crippen molar-refractivity contribution in [1.29, 1.82) is 5.41 Å². The summed E-state index contributed by atoms with van der Waals surface area (Å²) in [5, 5.41) is 17.5. The first kappa shape index (κ1) is 19.2. The number of carbonyl (C=O) groups excluding carboxylic acids is 1. The van der Waals surface area contributed by atoms with Crippen LogP contribution in [0.5, 0.6) is 0 Å². The number of amides is 1. The molecule has 1 aliphatic heterocycles. The van der Waals surface area contributed by atoms with Gasteiger partial charge in [-0.15, -0.1) is 0 Å². The summed E-state index contributed by atoms with van der Waals surface area (Å²) in [6, 6.07) is 3.75. The van der Waals surface area contributed by atoms with Gasteiger partial charge in [0, 0.05) is 38.8 Å². The van der Waals surface area contributed by atoms with Crippen LogP contribution in [-0.2, 0) is 4.79 Å². The van der Waals surface area contributed by atoms with Crippen LogP contribution in [0.2, 0.25) is 0 Å². The molecule has 7 heteroatoms. The molecule has 0 aromatic carbocycles. The highest BCUT2D eigenvalue weighted by atomic mass is 16.1. The Kier molecular flexibility index (Phi) is 6.75. The summed E-state index contributed by atoms with van der Waals surface area (Å²) in [6.45, 7) is 6.95. The van der Waals surface area contributed by atoms with E-state index in [4.69, 9.17) is 5.41 Å². The van der Waals surface area contributed by atoms with Gasteiger partial charge in [0.2, 0.25) is 0 Å². The van der Waals surface area contributed by atoms with Crippen molar-refractivity contribution in [2.24, 2.45) is 5.92 Å². The summed E-state index contributed by atoms with van der Waals surface area (Å²) in [5.41, 5.74) is 0.464. The number of nitrogens with one attached hydrogen (secondary N) is 4. The molecule has 1 fully saturated rings. The van der Waals surface area contributed by atoms with Crippen LogP contribution in [0.3, 0.4) is 0 Å². The van der Waals surface area contributed by atoms with E-state index in [0.29, 0.717) is 17.3 Å². The maximum absolute atomic E-state index is 12.4. The quantitative estimate of drug-likeness (QED) is 0.561. The Balaban J connectivity index is 2.11. The molecule has 0 radical (unpaired) electrons. The van der Waals surface area contributed by atoms with Crippen LogP contribution in [0.1, 0.15) is 32.3 Å². The average molecular weight is 346 g/mol. The standard InChI is InChI=1S/C18H30N6O/c1-12(2)11-24(4)15-8-7-14(17(20-3)23-15)16(19)18(25)22-13-6-5-9-21-10-13/h7-8,12-13,19,21H,5-6,9-11H2,1-4H3,(H,20,23)(H,22,25). The first-order valence-electron chi connectivity index (χ1n) is 8.92. The zero-order valence-electron chi connectivity index (χ0n) is 15.6. The summed E-state index contributed by atoms with van der Waals surface area (Å²) >= 11 is 0. The number of rotatable bonds is 7. The Bertz CT molecular complexity index is 610. The number of aromatic nitrogens is 1. The van der Waals surface area contributed by atoms with Crippen LogP contribution < -0.4 is 20.9 Å². The minimum atomic E-state index is -0.352. The van der Waals surface area contributed by atoms with Gasteiger partial charge >= 0.3 is 0 Å². The molecule has 1 unspecified atom stereocenters. The fourth-order valence-corrected chi connectivity index (χ4v) is 3.05. The molecule has 2 rings (SSSR count). The van der Waals surface area contributed by atoms with Crippen LogP contribution in [0, 0.1) is 11.3 Å². The molecule has 4 N–H and O–H groups in total. The molecule has 0 spiro atoms. The molecule has 7 nitrogen and oxygen atoms in total. The third-order valence-electron chi connectivity index (χ3n) is 4.28. The van der Waals surface area contributed by atoms with Gasteiger partial charge in [0.05, 0.1) is 0 Å². The molecule has 25 heavy (non-hydrogen) atoms. The lowest BCUT2D eigenvalue weighted by Crippen LogP contribution is -2.47. The van der Waals surface area contributed by atoms with Gasteiger partial charge in [-0.25, -0.2) is 4.98 Å². The summed E-state index contributed by atoms with van der Waals surface area (Å²) in [5.74, 6) is 1.55. The molecule has 1 aliphatic rings. The minimum absolute atomic E-state index is 0.0551. The second-order valence-electron chi connectivity index (χ2n) is 6.98. The topological polar surface area (TPSA) is 93.1 Å². The molecular weight excluding hydrogens is 316 g/mol. The molecule has 1 amide bonds. The van der Waals surface area contributed by atoms with Gasteiger partial charge in [-0.3, -0.25) is 10.2 Å². The maximum atomic E-state index is 12.4. The number of piperidine rings is 1. The fraction of sp³-hybridized carbons (Fsp3) is 0.611. The minimum Gasteiger partial charge on any atom is -0.373 e. The first-order chi connectivity index (χ1) is 11.9. The number of anilines is 2. The van der Waals surface area contributed by atoms with Crippen molar-refractivity contribution in [3.8, 4) is 0 Å². The largest absolute Gasteiger partial charge is 0.373 e. The SMILES string of the molecule is CNc1nc(N(C)CC(C)C)ccc1C(=N)C(=O)NC1CCCNC1. The van der Waals surface area contributed by atoms with Gasteiger partial charge in [-0.05, 0) is 37.4 Å². The van der Waals surface area contributed by atoms with Crippen molar-refractivity contribution in [2.45, 2.75) is 32.7 Å². The van der Waals surface area contributed by atoms with E-state index in [2.05, 4.69) is 39.7 Å². The van der Waals surface area contributed by atoms with E-state index in [1.54, 1.807) is 13.1 Å². The number of hydrogen-bond acceptors (Lipinski definition) is 6. The highest BCUT2D eigenvalue weighted by molar-refractivity contribution is 6.45. The van der Waals surface area contributed by atoms with Gasteiger partial charge in [-0.1, -0.05) is 13.8 Å². The van der Waals surface area contributed by atoms with Crippen LogP contribution in [0.15, 0.2) is 12.1 Å². The first-order valence-corrected chi connectivity index (χ1v) is 8.92. The summed E-state index contributed by atoms with van der Waals surface area (Å²) in [7, 11) is 3.75. The predicted octanol–water partition coefficient (Wildman–Crippen LogP) is 1.45. The van der Waals surface area contributed by atoms with E-state index in [1.807, 2.05) is 13.1 Å². The Morgan fingerprint density at radius 3 is 2.84 bits per heavy atom. The molecule has 1 aromatic heterocycles. The van der Waals surface area contributed by atoms with Crippen molar-refractivity contribution in [1.82, 2.24) is 15.6 Å². The zero-order valence-corrected chi connectivity index (χ0v) is 15.6. The Morgan fingerprint density at radius 1 is 1.48 bits per heavy atom. The summed E-state index contributed by atoms with van der Waals surface area (Å²) < 4.78 is 0. The summed E-state index contributed by atoms with van der Waals surface area (Å²) in [4.78, 5) is 19.1. The summed E-state index contributed by atoms with van der Waals surface area (Å²) in [6.07, 6.45) is 1.99. The molecule has 138 valence electrons. The number of nitrogens with zero attached hydrogens (tertiary/aromatic N) is 2. The van der Waals surface area contributed by atoms with Crippen molar-refractivity contribution in [2.75, 3.05) is 43.9 Å². The molecule has 1 atom stereocenters. The van der Waals surface area contributed by atoms with Crippen molar-refractivity contribution in [3.05, 3.63) is 17.7 Å². The monoisotopic (exact) mass is 346 g/mol. The number of pyridine rings is 1. The van der Waals surface area contributed by atoms with E-state index in [-0.39, 0.29) is 17.7 Å². The Morgan fingerprint density at radius 2 is 2.24 bits per heavy atom. The highest BCUT2D eigenvalue weighted by Crippen LogP contribution is 2.20. The van der Waals surface area contributed by atoms with Gasteiger partial charge < -0.3 is 20.9 Å². The van der Waals surface area contributed by atoms with Crippen molar-refractivity contribution >= 4 is 23.3 Å². The van der Waals surface area contributed by atoms with Crippen molar-refractivity contribution in [3.63, 3.8) is 0 Å². The van der Waals surface area contributed by atoms with E-state index in [9.17, 15) is 4.79 Å². The van der Waals surface area contributed by atoms with E-state index < -0.39 is 0 Å². The average Bonchev–Trinajstić information content (AvgIpc) is 2.60.